The van der Waals surface area contributed by atoms with E-state index in [1.54, 1.807) is 17.9 Å². The molecular formula is C21H26N2O3. The summed E-state index contributed by atoms with van der Waals surface area (Å²) in [6.45, 7) is 3.49. The Hall–Kier alpha value is -2.43. The number of rotatable bonds is 4. The number of nitrogens with zero attached hydrogens (tertiary/aromatic N) is 2. The average Bonchev–Trinajstić information content (AvgIpc) is 2.66. The summed E-state index contributed by atoms with van der Waals surface area (Å²) < 4.78 is 5.52. The standard InChI is InChI=1S/C21H26N2O3/c1-14-13-18(17-11-7-8-12-19(17)22-14)21(25)26-15(2)20(24)23(3)16-9-5-4-6-10-16/h7-8,11-13,15-16H,4-6,9-10H2,1-3H3/t15-/m1/s1. The highest BCUT2D eigenvalue weighted by Gasteiger charge is 2.28. The van der Waals surface area contributed by atoms with Crippen molar-refractivity contribution in [3.63, 3.8) is 0 Å². The number of carbonyl (C=O) groups excluding carboxylic acids is 2. The minimum absolute atomic E-state index is 0.139. The third-order valence-electron chi connectivity index (χ3n) is 5.17. The average molecular weight is 354 g/mol. The van der Waals surface area contributed by atoms with E-state index in [1.165, 1.54) is 6.42 Å². The SMILES string of the molecule is Cc1cc(C(=O)O[C@H](C)C(=O)N(C)C2CCCCC2)c2ccccc2n1. The van der Waals surface area contributed by atoms with Crippen LogP contribution in [0.5, 0.6) is 0 Å². The smallest absolute Gasteiger partial charge is 0.339 e. The predicted octanol–water partition coefficient (Wildman–Crippen LogP) is 3.88. The van der Waals surface area contributed by atoms with Gasteiger partial charge in [-0.15, -0.1) is 0 Å². The number of amides is 1. The van der Waals surface area contributed by atoms with Gasteiger partial charge in [0.2, 0.25) is 0 Å². The van der Waals surface area contributed by atoms with Crippen molar-refractivity contribution in [3.05, 3.63) is 41.6 Å². The fourth-order valence-corrected chi connectivity index (χ4v) is 3.69. The summed E-state index contributed by atoms with van der Waals surface area (Å²) in [7, 11) is 1.81. The van der Waals surface area contributed by atoms with Crippen molar-refractivity contribution in [2.75, 3.05) is 7.05 Å². The number of aryl methyl sites for hydroxylation is 1. The van der Waals surface area contributed by atoms with Crippen LogP contribution in [0.2, 0.25) is 0 Å². The first-order valence-electron chi connectivity index (χ1n) is 9.31. The van der Waals surface area contributed by atoms with Crippen LogP contribution in [0.3, 0.4) is 0 Å². The number of esters is 1. The maximum absolute atomic E-state index is 12.7. The van der Waals surface area contributed by atoms with E-state index in [1.807, 2.05) is 38.2 Å². The molecule has 0 bridgehead atoms. The lowest BCUT2D eigenvalue weighted by Crippen LogP contribution is -2.44. The maximum atomic E-state index is 12.7. The molecule has 0 spiro atoms. The molecule has 1 atom stereocenters. The lowest BCUT2D eigenvalue weighted by Gasteiger charge is -2.32. The molecule has 0 saturated heterocycles. The molecule has 1 aliphatic rings. The Labute approximate surface area is 154 Å². The van der Waals surface area contributed by atoms with Crippen molar-refractivity contribution in [1.29, 1.82) is 0 Å². The normalized spacial score (nSPS) is 16.3. The predicted molar refractivity (Wildman–Crippen MR) is 101 cm³/mol. The first-order valence-corrected chi connectivity index (χ1v) is 9.31. The van der Waals surface area contributed by atoms with Gasteiger partial charge in [0, 0.05) is 24.2 Å². The van der Waals surface area contributed by atoms with E-state index in [-0.39, 0.29) is 11.9 Å². The zero-order valence-electron chi connectivity index (χ0n) is 15.7. The molecule has 5 heteroatoms. The van der Waals surface area contributed by atoms with Gasteiger partial charge in [-0.25, -0.2) is 4.79 Å². The number of pyridine rings is 1. The molecule has 26 heavy (non-hydrogen) atoms. The van der Waals surface area contributed by atoms with Crippen molar-refractivity contribution >= 4 is 22.8 Å². The highest BCUT2D eigenvalue weighted by Crippen LogP contribution is 2.23. The quantitative estimate of drug-likeness (QED) is 0.782. The van der Waals surface area contributed by atoms with Crippen LogP contribution in [-0.2, 0) is 9.53 Å². The van der Waals surface area contributed by atoms with Gasteiger partial charge in [0.25, 0.3) is 5.91 Å². The molecule has 0 unspecified atom stereocenters. The maximum Gasteiger partial charge on any atom is 0.339 e. The molecule has 1 fully saturated rings. The number of benzene rings is 1. The van der Waals surface area contributed by atoms with Gasteiger partial charge in [-0.05, 0) is 38.8 Å². The Morgan fingerprint density at radius 3 is 2.62 bits per heavy atom. The number of hydrogen-bond donors (Lipinski definition) is 0. The Morgan fingerprint density at radius 2 is 1.88 bits per heavy atom. The van der Waals surface area contributed by atoms with Crippen LogP contribution in [0.25, 0.3) is 10.9 Å². The lowest BCUT2D eigenvalue weighted by atomic mass is 9.94. The Balaban J connectivity index is 1.74. The number of hydrogen-bond acceptors (Lipinski definition) is 4. The van der Waals surface area contributed by atoms with Gasteiger partial charge in [-0.1, -0.05) is 37.5 Å². The molecule has 0 aliphatic heterocycles. The van der Waals surface area contributed by atoms with E-state index in [0.29, 0.717) is 5.56 Å². The van der Waals surface area contributed by atoms with E-state index >= 15 is 0 Å². The molecule has 1 saturated carbocycles. The molecule has 1 aromatic heterocycles. The van der Waals surface area contributed by atoms with E-state index in [2.05, 4.69) is 4.98 Å². The van der Waals surface area contributed by atoms with Crippen LogP contribution >= 0.6 is 0 Å². The Kier molecular flexibility index (Phi) is 5.55. The van der Waals surface area contributed by atoms with Crippen LogP contribution in [0, 0.1) is 6.92 Å². The third-order valence-corrected chi connectivity index (χ3v) is 5.17. The van der Waals surface area contributed by atoms with Crippen molar-refractivity contribution in [3.8, 4) is 0 Å². The van der Waals surface area contributed by atoms with E-state index in [9.17, 15) is 9.59 Å². The van der Waals surface area contributed by atoms with Crippen LogP contribution < -0.4 is 0 Å². The van der Waals surface area contributed by atoms with E-state index in [4.69, 9.17) is 4.74 Å². The van der Waals surface area contributed by atoms with Crippen molar-refractivity contribution in [1.82, 2.24) is 9.88 Å². The molecule has 0 radical (unpaired) electrons. The lowest BCUT2D eigenvalue weighted by molar-refractivity contribution is -0.141. The van der Waals surface area contributed by atoms with Crippen molar-refractivity contribution in [2.45, 2.75) is 58.1 Å². The first kappa shape index (κ1) is 18.4. The Bertz CT molecular complexity index is 812. The van der Waals surface area contributed by atoms with Crippen molar-refractivity contribution in [2.24, 2.45) is 0 Å². The summed E-state index contributed by atoms with van der Waals surface area (Å²) in [6, 6.07) is 9.42. The fraction of sp³-hybridized carbons (Fsp3) is 0.476. The molecule has 1 aromatic carbocycles. The van der Waals surface area contributed by atoms with Crippen LogP contribution in [0.4, 0.5) is 0 Å². The molecule has 1 heterocycles. The molecule has 3 rings (SSSR count). The van der Waals surface area contributed by atoms with Crippen LogP contribution in [0.15, 0.2) is 30.3 Å². The molecule has 1 amide bonds. The number of ether oxygens (including phenoxy) is 1. The van der Waals surface area contributed by atoms with E-state index in [0.717, 1.165) is 42.3 Å². The summed E-state index contributed by atoms with van der Waals surface area (Å²) in [4.78, 5) is 31.6. The highest BCUT2D eigenvalue weighted by molar-refractivity contribution is 6.04. The second kappa shape index (κ2) is 7.85. The molecule has 5 nitrogen and oxygen atoms in total. The van der Waals surface area contributed by atoms with Gasteiger partial charge >= 0.3 is 5.97 Å². The number of aromatic nitrogens is 1. The van der Waals surface area contributed by atoms with Gasteiger partial charge in [0.15, 0.2) is 6.10 Å². The summed E-state index contributed by atoms with van der Waals surface area (Å²) in [5, 5.41) is 0.739. The monoisotopic (exact) mass is 354 g/mol. The minimum atomic E-state index is -0.804. The molecule has 0 N–H and O–H groups in total. The molecular weight excluding hydrogens is 328 g/mol. The van der Waals surface area contributed by atoms with Crippen LogP contribution in [-0.4, -0.2) is 41.0 Å². The number of carbonyl (C=O) groups is 2. The fourth-order valence-electron chi connectivity index (χ4n) is 3.69. The summed E-state index contributed by atoms with van der Waals surface area (Å²) in [5.41, 5.74) is 1.94. The second-order valence-electron chi connectivity index (χ2n) is 7.12. The minimum Gasteiger partial charge on any atom is -0.449 e. The second-order valence-corrected chi connectivity index (χ2v) is 7.12. The largest absolute Gasteiger partial charge is 0.449 e. The number of likely N-dealkylation sites (N-methyl/N-ethyl adjacent to an activating group) is 1. The van der Waals surface area contributed by atoms with Crippen molar-refractivity contribution < 1.29 is 14.3 Å². The van der Waals surface area contributed by atoms with Gasteiger partial charge < -0.3 is 9.64 Å². The molecule has 1 aliphatic carbocycles. The van der Waals surface area contributed by atoms with E-state index < -0.39 is 12.1 Å². The zero-order valence-corrected chi connectivity index (χ0v) is 15.7. The topological polar surface area (TPSA) is 59.5 Å². The third kappa shape index (κ3) is 3.87. The number of para-hydroxylation sites is 1. The molecule has 138 valence electrons. The number of fused-ring (bicyclic) bond motifs is 1. The molecule has 2 aromatic rings. The zero-order chi connectivity index (χ0) is 18.7. The summed E-state index contributed by atoms with van der Waals surface area (Å²) in [6.07, 6.45) is 4.78. The summed E-state index contributed by atoms with van der Waals surface area (Å²) in [5.74, 6) is -0.620. The van der Waals surface area contributed by atoms with Gasteiger partial charge in [0.05, 0.1) is 11.1 Å². The van der Waals surface area contributed by atoms with Gasteiger partial charge in [-0.3, -0.25) is 9.78 Å². The Morgan fingerprint density at radius 1 is 1.19 bits per heavy atom. The van der Waals surface area contributed by atoms with Crippen LogP contribution in [0.1, 0.15) is 55.1 Å². The van der Waals surface area contributed by atoms with Gasteiger partial charge in [0.1, 0.15) is 0 Å². The first-order chi connectivity index (χ1) is 12.5. The highest BCUT2D eigenvalue weighted by atomic mass is 16.5. The summed E-state index contributed by atoms with van der Waals surface area (Å²) >= 11 is 0. The van der Waals surface area contributed by atoms with Gasteiger partial charge in [-0.2, -0.15) is 0 Å².